The van der Waals surface area contributed by atoms with Crippen LogP contribution < -0.4 is 5.32 Å². The van der Waals surface area contributed by atoms with E-state index in [0.29, 0.717) is 19.0 Å². The first-order chi connectivity index (χ1) is 11.9. The SMILES string of the molecule is CC(C)c1cc(C2CCCN(S(=O)(=O)N(C)C3CCNCC3)C2)[nH]n1. The number of rotatable bonds is 5. The van der Waals surface area contributed by atoms with Crippen molar-refractivity contribution in [3.8, 4) is 0 Å². The molecule has 2 saturated heterocycles. The molecule has 1 atom stereocenters. The van der Waals surface area contributed by atoms with E-state index in [9.17, 15) is 8.42 Å². The van der Waals surface area contributed by atoms with Crippen molar-refractivity contribution in [1.82, 2.24) is 24.1 Å². The molecule has 3 heterocycles. The lowest BCUT2D eigenvalue weighted by atomic mass is 9.95. The second kappa shape index (κ2) is 7.73. The first kappa shape index (κ1) is 18.8. The Hall–Kier alpha value is -0.960. The second-order valence-electron chi connectivity index (χ2n) is 7.61. The van der Waals surface area contributed by atoms with E-state index in [1.165, 1.54) is 0 Å². The molecular weight excluding hydrogens is 338 g/mol. The van der Waals surface area contributed by atoms with Crippen LogP contribution >= 0.6 is 0 Å². The zero-order valence-corrected chi connectivity index (χ0v) is 16.3. The zero-order valence-electron chi connectivity index (χ0n) is 15.5. The van der Waals surface area contributed by atoms with Crippen LogP contribution in [0.4, 0.5) is 0 Å². The Morgan fingerprint density at radius 1 is 1.28 bits per heavy atom. The van der Waals surface area contributed by atoms with Gasteiger partial charge < -0.3 is 5.32 Å². The standard InChI is InChI=1S/C17H31N5O2S/c1-13(2)16-11-17(20-19-16)14-5-4-10-22(12-14)25(23,24)21(3)15-6-8-18-9-7-15/h11,13-15,18H,4-10,12H2,1-3H3,(H,19,20). The lowest BCUT2D eigenvalue weighted by Gasteiger charge is -2.37. The molecule has 2 aliphatic rings. The van der Waals surface area contributed by atoms with Crippen LogP contribution in [0.5, 0.6) is 0 Å². The first-order valence-corrected chi connectivity index (χ1v) is 10.8. The molecule has 0 aromatic carbocycles. The molecule has 1 unspecified atom stereocenters. The van der Waals surface area contributed by atoms with Crippen LogP contribution in [-0.4, -0.2) is 66.5 Å². The van der Waals surface area contributed by atoms with Crippen molar-refractivity contribution in [3.63, 3.8) is 0 Å². The molecule has 2 N–H and O–H groups in total. The fourth-order valence-corrected chi connectivity index (χ4v) is 5.48. The smallest absolute Gasteiger partial charge is 0.281 e. The fourth-order valence-electron chi connectivity index (χ4n) is 3.80. The van der Waals surface area contributed by atoms with Gasteiger partial charge in [-0.05, 0) is 50.8 Å². The van der Waals surface area contributed by atoms with Gasteiger partial charge in [-0.15, -0.1) is 0 Å². The van der Waals surface area contributed by atoms with Crippen molar-refractivity contribution < 1.29 is 8.42 Å². The summed E-state index contributed by atoms with van der Waals surface area (Å²) < 4.78 is 29.4. The van der Waals surface area contributed by atoms with Crippen molar-refractivity contribution in [2.24, 2.45) is 0 Å². The van der Waals surface area contributed by atoms with Crippen LogP contribution in [0.1, 0.15) is 62.8 Å². The van der Waals surface area contributed by atoms with Gasteiger partial charge in [0.1, 0.15) is 0 Å². The van der Waals surface area contributed by atoms with E-state index in [4.69, 9.17) is 0 Å². The van der Waals surface area contributed by atoms with Gasteiger partial charge in [-0.1, -0.05) is 13.8 Å². The molecule has 0 amide bonds. The number of nitrogens with zero attached hydrogens (tertiary/aromatic N) is 3. The van der Waals surface area contributed by atoms with Gasteiger partial charge in [-0.25, -0.2) is 0 Å². The Morgan fingerprint density at radius 3 is 2.64 bits per heavy atom. The predicted molar refractivity (Wildman–Crippen MR) is 98.8 cm³/mol. The summed E-state index contributed by atoms with van der Waals surface area (Å²) in [5.41, 5.74) is 2.11. The molecular formula is C17H31N5O2S. The minimum absolute atomic E-state index is 0.103. The highest BCUT2D eigenvalue weighted by molar-refractivity contribution is 7.86. The number of hydrogen-bond acceptors (Lipinski definition) is 4. The van der Waals surface area contributed by atoms with Crippen molar-refractivity contribution in [2.45, 2.75) is 57.4 Å². The topological polar surface area (TPSA) is 81.3 Å². The summed E-state index contributed by atoms with van der Waals surface area (Å²) in [7, 11) is -1.67. The van der Waals surface area contributed by atoms with Gasteiger partial charge in [-0.3, -0.25) is 5.10 Å². The van der Waals surface area contributed by atoms with Crippen LogP contribution in [-0.2, 0) is 10.2 Å². The summed E-state index contributed by atoms with van der Waals surface area (Å²) in [6.07, 6.45) is 3.65. The Balaban J connectivity index is 1.70. The number of aromatic amines is 1. The molecule has 1 aromatic rings. The summed E-state index contributed by atoms with van der Waals surface area (Å²) in [6.45, 7) is 7.16. The number of aromatic nitrogens is 2. The third kappa shape index (κ3) is 4.07. The van der Waals surface area contributed by atoms with Crippen LogP contribution in [0.2, 0.25) is 0 Å². The highest BCUT2D eigenvalue weighted by atomic mass is 32.2. The van der Waals surface area contributed by atoms with E-state index < -0.39 is 10.2 Å². The van der Waals surface area contributed by atoms with Crippen LogP contribution in [0.15, 0.2) is 6.07 Å². The normalized spacial score (nSPS) is 24.3. The Bertz CT molecular complexity index is 666. The van der Waals surface area contributed by atoms with E-state index in [0.717, 1.165) is 50.2 Å². The van der Waals surface area contributed by atoms with Gasteiger partial charge in [0.2, 0.25) is 0 Å². The molecule has 0 saturated carbocycles. The Kier molecular flexibility index (Phi) is 5.82. The number of piperidine rings is 2. The molecule has 2 fully saturated rings. The van der Waals surface area contributed by atoms with E-state index in [1.807, 2.05) is 0 Å². The molecule has 0 aliphatic carbocycles. The van der Waals surface area contributed by atoms with Gasteiger partial charge in [0.15, 0.2) is 0 Å². The summed E-state index contributed by atoms with van der Waals surface area (Å²) in [6, 6.07) is 2.20. The van der Waals surface area contributed by atoms with Gasteiger partial charge in [0, 0.05) is 37.8 Å². The van der Waals surface area contributed by atoms with Gasteiger partial charge in [0.25, 0.3) is 10.2 Å². The molecule has 7 nitrogen and oxygen atoms in total. The molecule has 0 spiro atoms. The molecule has 1 aromatic heterocycles. The second-order valence-corrected chi connectivity index (χ2v) is 9.59. The fraction of sp³-hybridized carbons (Fsp3) is 0.824. The third-order valence-corrected chi connectivity index (χ3v) is 7.56. The first-order valence-electron chi connectivity index (χ1n) is 9.38. The molecule has 2 aliphatic heterocycles. The van der Waals surface area contributed by atoms with Gasteiger partial charge in [0.05, 0.1) is 5.69 Å². The minimum Gasteiger partial charge on any atom is -0.317 e. The van der Waals surface area contributed by atoms with E-state index in [1.54, 1.807) is 15.7 Å². The maximum absolute atomic E-state index is 13.1. The quantitative estimate of drug-likeness (QED) is 0.827. The average molecular weight is 370 g/mol. The van der Waals surface area contributed by atoms with E-state index in [2.05, 4.69) is 35.4 Å². The van der Waals surface area contributed by atoms with E-state index in [-0.39, 0.29) is 12.0 Å². The number of hydrogen-bond donors (Lipinski definition) is 2. The third-order valence-electron chi connectivity index (χ3n) is 5.55. The molecule has 25 heavy (non-hydrogen) atoms. The molecule has 3 rings (SSSR count). The van der Waals surface area contributed by atoms with Gasteiger partial charge >= 0.3 is 0 Å². The maximum Gasteiger partial charge on any atom is 0.281 e. The lowest BCUT2D eigenvalue weighted by Crippen LogP contribution is -2.51. The average Bonchev–Trinajstić information content (AvgIpc) is 3.12. The summed E-state index contributed by atoms with van der Waals surface area (Å²) >= 11 is 0. The van der Waals surface area contributed by atoms with Crippen molar-refractivity contribution in [1.29, 1.82) is 0 Å². The largest absolute Gasteiger partial charge is 0.317 e. The van der Waals surface area contributed by atoms with Crippen molar-refractivity contribution in [2.75, 3.05) is 33.2 Å². The highest BCUT2D eigenvalue weighted by Crippen LogP contribution is 2.30. The summed E-state index contributed by atoms with van der Waals surface area (Å²) in [5.74, 6) is 0.574. The predicted octanol–water partition coefficient (Wildman–Crippen LogP) is 1.64. The number of H-pyrrole nitrogens is 1. The van der Waals surface area contributed by atoms with Crippen LogP contribution in [0.25, 0.3) is 0 Å². The maximum atomic E-state index is 13.1. The monoisotopic (exact) mass is 369 g/mol. The molecule has 8 heteroatoms. The highest BCUT2D eigenvalue weighted by Gasteiger charge is 2.36. The summed E-state index contributed by atoms with van der Waals surface area (Å²) in [4.78, 5) is 0. The van der Waals surface area contributed by atoms with Crippen LogP contribution in [0, 0.1) is 0 Å². The Labute approximate surface area is 151 Å². The van der Waals surface area contributed by atoms with Gasteiger partial charge in [-0.2, -0.15) is 22.1 Å². The lowest BCUT2D eigenvalue weighted by molar-refractivity contribution is 0.249. The minimum atomic E-state index is -3.41. The molecule has 0 radical (unpaired) electrons. The summed E-state index contributed by atoms with van der Waals surface area (Å²) in [5, 5.41) is 10.8. The number of nitrogens with one attached hydrogen (secondary N) is 2. The Morgan fingerprint density at radius 2 is 2.00 bits per heavy atom. The molecule has 0 bridgehead atoms. The van der Waals surface area contributed by atoms with E-state index >= 15 is 0 Å². The van der Waals surface area contributed by atoms with Crippen molar-refractivity contribution in [3.05, 3.63) is 17.5 Å². The van der Waals surface area contributed by atoms with Crippen molar-refractivity contribution >= 4 is 10.2 Å². The van der Waals surface area contributed by atoms with Crippen LogP contribution in [0.3, 0.4) is 0 Å². The zero-order chi connectivity index (χ0) is 18.0. The molecule has 142 valence electrons.